The summed E-state index contributed by atoms with van der Waals surface area (Å²) in [7, 11) is -3.51. The molecule has 1 aromatic carbocycles. The van der Waals surface area contributed by atoms with Crippen LogP contribution in [0.25, 0.3) is 0 Å². The van der Waals surface area contributed by atoms with E-state index in [1.54, 1.807) is 13.8 Å². The van der Waals surface area contributed by atoms with Crippen LogP contribution in [0.2, 0.25) is 0 Å². The van der Waals surface area contributed by atoms with Crippen LogP contribution in [0.5, 0.6) is 0 Å². The molecule has 0 unspecified atom stereocenters. The maximum absolute atomic E-state index is 12.0. The summed E-state index contributed by atoms with van der Waals surface area (Å²) in [4.78, 5) is 12.1. The lowest BCUT2D eigenvalue weighted by molar-refractivity contribution is 0.0942. The van der Waals surface area contributed by atoms with Crippen molar-refractivity contribution in [1.82, 2.24) is 15.4 Å². The van der Waals surface area contributed by atoms with Crippen LogP contribution in [0.1, 0.15) is 24.2 Å². The van der Waals surface area contributed by atoms with Crippen LogP contribution in [0, 0.1) is 5.92 Å². The fourth-order valence-electron chi connectivity index (χ4n) is 2.00. The smallest absolute Gasteiger partial charge is 0.251 e. The molecular weight excluding hydrogens is 326 g/mol. The molecule has 1 saturated heterocycles. The maximum Gasteiger partial charge on any atom is 0.251 e. The summed E-state index contributed by atoms with van der Waals surface area (Å²) < 4.78 is 26.4. The molecule has 0 aliphatic carbocycles. The monoisotopic (exact) mass is 347 g/mol. The van der Waals surface area contributed by atoms with Crippen molar-refractivity contribution in [2.45, 2.75) is 24.8 Å². The number of benzene rings is 1. The van der Waals surface area contributed by atoms with Gasteiger partial charge in [0.25, 0.3) is 5.91 Å². The minimum atomic E-state index is -3.51. The first-order valence-electron chi connectivity index (χ1n) is 7.00. The quantitative estimate of drug-likeness (QED) is 0.708. The molecule has 1 fully saturated rings. The van der Waals surface area contributed by atoms with Gasteiger partial charge in [0.05, 0.1) is 4.90 Å². The Balaban J connectivity index is 0.00000242. The zero-order chi connectivity index (χ0) is 15.5. The van der Waals surface area contributed by atoms with Crippen LogP contribution in [0.4, 0.5) is 0 Å². The predicted molar refractivity (Wildman–Crippen MR) is 87.8 cm³/mol. The second-order valence-corrected chi connectivity index (χ2v) is 7.25. The molecule has 1 aliphatic rings. The molecule has 0 aromatic heterocycles. The highest BCUT2D eigenvalue weighted by molar-refractivity contribution is 7.89. The minimum Gasteiger partial charge on any atom is -0.352 e. The summed E-state index contributed by atoms with van der Waals surface area (Å²) in [6, 6.07) is 5.79. The van der Waals surface area contributed by atoms with Gasteiger partial charge in [0.2, 0.25) is 10.0 Å². The van der Waals surface area contributed by atoms with Gasteiger partial charge >= 0.3 is 0 Å². The van der Waals surface area contributed by atoms with Crippen LogP contribution >= 0.6 is 12.4 Å². The second-order valence-electron chi connectivity index (χ2n) is 5.53. The summed E-state index contributed by atoms with van der Waals surface area (Å²) in [6.45, 7) is 6.01. The predicted octanol–water partition coefficient (Wildman–Crippen LogP) is 0.744. The molecule has 0 bridgehead atoms. The van der Waals surface area contributed by atoms with Crippen LogP contribution in [-0.2, 0) is 10.0 Å². The number of rotatable bonds is 6. The first kappa shape index (κ1) is 18.9. The average Bonchev–Trinajstić information content (AvgIpc) is 2.35. The van der Waals surface area contributed by atoms with E-state index < -0.39 is 10.0 Å². The molecule has 1 amide bonds. The summed E-state index contributed by atoms with van der Waals surface area (Å²) in [5.74, 6) is 0.312. The van der Waals surface area contributed by atoms with Gasteiger partial charge in [0, 0.05) is 37.2 Å². The van der Waals surface area contributed by atoms with E-state index in [4.69, 9.17) is 0 Å². The minimum absolute atomic E-state index is 0. The van der Waals surface area contributed by atoms with Crippen molar-refractivity contribution in [2.24, 2.45) is 5.92 Å². The SMILES string of the molecule is CC(C)NS(=O)(=O)c1ccc(C(=O)NCC2CNC2)cc1.Cl. The van der Waals surface area contributed by atoms with Gasteiger partial charge in [0.15, 0.2) is 0 Å². The number of amides is 1. The second kappa shape index (κ2) is 7.92. The van der Waals surface area contributed by atoms with Crippen molar-refractivity contribution in [2.75, 3.05) is 19.6 Å². The van der Waals surface area contributed by atoms with E-state index in [0.29, 0.717) is 18.0 Å². The standard InChI is InChI=1S/C14H21N3O3S.ClH/c1-10(2)17-21(19,20)13-5-3-12(4-6-13)14(18)16-9-11-7-15-8-11;/h3-6,10-11,15,17H,7-9H2,1-2H3,(H,16,18);1H. The van der Waals surface area contributed by atoms with Crippen molar-refractivity contribution in [3.8, 4) is 0 Å². The number of carbonyl (C=O) groups excluding carboxylic acids is 1. The molecular formula is C14H22ClN3O3S. The molecule has 0 radical (unpaired) electrons. The Bertz CT molecular complexity index is 598. The van der Waals surface area contributed by atoms with Gasteiger partial charge in [-0.05, 0) is 38.1 Å². The van der Waals surface area contributed by atoms with E-state index in [2.05, 4.69) is 15.4 Å². The number of nitrogens with one attached hydrogen (secondary N) is 3. The number of hydrogen-bond acceptors (Lipinski definition) is 4. The first-order chi connectivity index (χ1) is 9.88. The Morgan fingerprint density at radius 1 is 1.27 bits per heavy atom. The van der Waals surface area contributed by atoms with Gasteiger partial charge in [-0.1, -0.05) is 0 Å². The zero-order valence-corrected chi connectivity index (χ0v) is 14.3. The topological polar surface area (TPSA) is 87.3 Å². The highest BCUT2D eigenvalue weighted by Crippen LogP contribution is 2.11. The Morgan fingerprint density at radius 2 is 1.86 bits per heavy atom. The summed E-state index contributed by atoms with van der Waals surface area (Å²) in [5, 5.41) is 5.99. The third-order valence-electron chi connectivity index (χ3n) is 3.23. The number of carbonyl (C=O) groups is 1. The molecule has 8 heteroatoms. The van der Waals surface area contributed by atoms with E-state index in [9.17, 15) is 13.2 Å². The molecule has 22 heavy (non-hydrogen) atoms. The molecule has 0 atom stereocenters. The Morgan fingerprint density at radius 3 is 2.32 bits per heavy atom. The largest absolute Gasteiger partial charge is 0.352 e. The molecule has 124 valence electrons. The Kier molecular flexibility index (Phi) is 6.80. The highest BCUT2D eigenvalue weighted by atomic mass is 35.5. The number of hydrogen-bond donors (Lipinski definition) is 3. The lowest BCUT2D eigenvalue weighted by Crippen LogP contribution is -2.48. The van der Waals surface area contributed by atoms with Gasteiger partial charge in [-0.2, -0.15) is 0 Å². The van der Waals surface area contributed by atoms with Gasteiger partial charge in [0.1, 0.15) is 0 Å². The molecule has 1 aliphatic heterocycles. The zero-order valence-electron chi connectivity index (χ0n) is 12.6. The van der Waals surface area contributed by atoms with E-state index in [1.807, 2.05) is 0 Å². The number of sulfonamides is 1. The van der Waals surface area contributed by atoms with E-state index >= 15 is 0 Å². The van der Waals surface area contributed by atoms with Crippen LogP contribution < -0.4 is 15.4 Å². The van der Waals surface area contributed by atoms with Crippen molar-refractivity contribution in [3.05, 3.63) is 29.8 Å². The van der Waals surface area contributed by atoms with Crippen molar-refractivity contribution >= 4 is 28.3 Å². The molecule has 1 aromatic rings. The van der Waals surface area contributed by atoms with E-state index in [0.717, 1.165) is 13.1 Å². The van der Waals surface area contributed by atoms with Gasteiger partial charge in [-0.3, -0.25) is 4.79 Å². The van der Waals surface area contributed by atoms with Crippen molar-refractivity contribution < 1.29 is 13.2 Å². The fraction of sp³-hybridized carbons (Fsp3) is 0.500. The summed E-state index contributed by atoms with van der Waals surface area (Å²) in [6.07, 6.45) is 0. The number of halogens is 1. The molecule has 0 spiro atoms. The molecule has 3 N–H and O–H groups in total. The summed E-state index contributed by atoms with van der Waals surface area (Å²) in [5.41, 5.74) is 0.464. The maximum atomic E-state index is 12.0. The van der Waals surface area contributed by atoms with E-state index in [1.165, 1.54) is 24.3 Å². The van der Waals surface area contributed by atoms with Crippen LogP contribution in [0.3, 0.4) is 0 Å². The average molecular weight is 348 g/mol. The Labute approximate surface area is 137 Å². The molecule has 0 saturated carbocycles. The normalized spacial score (nSPS) is 15.0. The molecule has 2 rings (SSSR count). The lowest BCUT2D eigenvalue weighted by Gasteiger charge is -2.27. The summed E-state index contributed by atoms with van der Waals surface area (Å²) >= 11 is 0. The van der Waals surface area contributed by atoms with E-state index in [-0.39, 0.29) is 29.3 Å². The van der Waals surface area contributed by atoms with Gasteiger partial charge in [-0.15, -0.1) is 12.4 Å². The van der Waals surface area contributed by atoms with Gasteiger partial charge in [-0.25, -0.2) is 13.1 Å². The lowest BCUT2D eigenvalue weighted by atomic mass is 10.0. The van der Waals surface area contributed by atoms with Crippen LogP contribution in [0.15, 0.2) is 29.2 Å². The van der Waals surface area contributed by atoms with Crippen molar-refractivity contribution in [1.29, 1.82) is 0 Å². The highest BCUT2D eigenvalue weighted by Gasteiger charge is 2.18. The third kappa shape index (κ3) is 4.95. The van der Waals surface area contributed by atoms with Crippen LogP contribution in [-0.4, -0.2) is 40.0 Å². The van der Waals surface area contributed by atoms with Crippen molar-refractivity contribution in [3.63, 3.8) is 0 Å². The molecule has 6 nitrogen and oxygen atoms in total. The first-order valence-corrected chi connectivity index (χ1v) is 8.48. The fourth-order valence-corrected chi connectivity index (χ4v) is 3.25. The molecule has 1 heterocycles. The Hall–Kier alpha value is -1.15. The van der Waals surface area contributed by atoms with Gasteiger partial charge < -0.3 is 10.6 Å². The third-order valence-corrected chi connectivity index (χ3v) is 4.91.